The molecule has 216 valence electrons. The number of carbonyl (C=O) groups excluding carboxylic acids is 1. The molecular formula is C30H24Br2ClN3O6. The number of para-hydroxylation sites is 1. The van der Waals surface area contributed by atoms with Gasteiger partial charge in [-0.25, -0.2) is 9.78 Å². The van der Waals surface area contributed by atoms with E-state index in [0.717, 1.165) is 5.39 Å². The second-order valence-electron chi connectivity index (χ2n) is 8.97. The molecule has 0 bridgehead atoms. The zero-order valence-electron chi connectivity index (χ0n) is 22.7. The zero-order valence-corrected chi connectivity index (χ0v) is 26.6. The van der Waals surface area contributed by atoms with Gasteiger partial charge in [0, 0.05) is 20.4 Å². The third-order valence-electron chi connectivity index (χ3n) is 6.13. The summed E-state index contributed by atoms with van der Waals surface area (Å²) in [4.78, 5) is 30.6. The van der Waals surface area contributed by atoms with E-state index >= 15 is 0 Å². The molecule has 0 unspecified atom stereocenters. The predicted octanol–water partition coefficient (Wildman–Crippen LogP) is 7.60. The second kappa shape index (κ2) is 12.7. The summed E-state index contributed by atoms with van der Waals surface area (Å²) in [7, 11) is 0. The lowest BCUT2D eigenvalue weighted by atomic mass is 10.2. The van der Waals surface area contributed by atoms with E-state index in [-0.39, 0.29) is 18.0 Å². The molecule has 5 rings (SSSR count). The number of hydrogen-bond acceptors (Lipinski definition) is 8. The molecule has 9 nitrogen and oxygen atoms in total. The van der Waals surface area contributed by atoms with Crippen molar-refractivity contribution in [2.24, 2.45) is 5.10 Å². The fraction of sp³-hybridized carbons (Fsp3) is 0.200. The average molecular weight is 718 g/mol. The topological polar surface area (TPSA) is 105 Å². The Kier molecular flexibility index (Phi) is 9.00. The van der Waals surface area contributed by atoms with Gasteiger partial charge in [-0.2, -0.15) is 9.78 Å². The van der Waals surface area contributed by atoms with Crippen LogP contribution in [0.15, 0.2) is 77.9 Å². The maximum Gasteiger partial charge on any atom is 0.347 e. The monoisotopic (exact) mass is 715 g/mol. The van der Waals surface area contributed by atoms with Crippen molar-refractivity contribution in [2.45, 2.75) is 26.9 Å². The highest BCUT2D eigenvalue weighted by Gasteiger charge is 2.23. The van der Waals surface area contributed by atoms with Crippen LogP contribution in [0.1, 0.15) is 26.3 Å². The molecule has 2 heterocycles. The molecule has 0 aliphatic heterocycles. The van der Waals surface area contributed by atoms with E-state index in [1.807, 2.05) is 6.92 Å². The first-order valence-electron chi connectivity index (χ1n) is 13.0. The lowest BCUT2D eigenvalue weighted by molar-refractivity contribution is -0.150. The smallest absolute Gasteiger partial charge is 0.347 e. The molecule has 12 heteroatoms. The van der Waals surface area contributed by atoms with Crippen LogP contribution in [0.3, 0.4) is 0 Å². The number of rotatable bonds is 9. The average Bonchev–Trinajstić information content (AvgIpc) is 3.40. The number of benzene rings is 3. The summed E-state index contributed by atoms with van der Waals surface area (Å²) >= 11 is 13.3. The molecule has 1 atom stereocenters. The molecule has 0 radical (unpaired) electrons. The van der Waals surface area contributed by atoms with Gasteiger partial charge >= 0.3 is 5.97 Å². The van der Waals surface area contributed by atoms with E-state index < -0.39 is 12.1 Å². The highest BCUT2D eigenvalue weighted by Crippen LogP contribution is 2.43. The lowest BCUT2D eigenvalue weighted by Gasteiger charge is -2.19. The van der Waals surface area contributed by atoms with Gasteiger partial charge < -0.3 is 18.6 Å². The molecular weight excluding hydrogens is 694 g/mol. The van der Waals surface area contributed by atoms with Crippen molar-refractivity contribution in [1.82, 2.24) is 9.66 Å². The number of carbonyl (C=O) groups is 1. The summed E-state index contributed by atoms with van der Waals surface area (Å²) in [5.74, 6) is 0.734. The van der Waals surface area contributed by atoms with Crippen molar-refractivity contribution in [3.8, 4) is 23.1 Å². The molecule has 0 N–H and O–H groups in total. The number of fused-ring (bicyclic) bond motifs is 2. The van der Waals surface area contributed by atoms with Gasteiger partial charge in [0.15, 0.2) is 23.4 Å². The molecule has 3 aromatic carbocycles. The first-order chi connectivity index (χ1) is 20.2. The minimum absolute atomic E-state index is 0.214. The number of esters is 1. The van der Waals surface area contributed by atoms with Gasteiger partial charge in [0.2, 0.25) is 5.82 Å². The van der Waals surface area contributed by atoms with E-state index in [4.69, 9.17) is 35.2 Å². The first kappa shape index (κ1) is 29.8. The van der Waals surface area contributed by atoms with Gasteiger partial charge in [-0.15, -0.1) is 0 Å². The maximum atomic E-state index is 13.7. The van der Waals surface area contributed by atoms with Gasteiger partial charge in [0.05, 0.1) is 34.8 Å². The van der Waals surface area contributed by atoms with Crippen LogP contribution in [0.2, 0.25) is 5.02 Å². The Morgan fingerprint density at radius 3 is 2.67 bits per heavy atom. The van der Waals surface area contributed by atoms with E-state index in [1.165, 1.54) is 10.9 Å². The standard InChI is InChI=1S/C30H24Br2ClN3O6/c1-4-39-23-14-18(25(31)26(32)27(23)41-16(3)30(38)40-5-2)15-34-36-28(35-21-9-7-6-8-20(21)29(36)37)24-13-17-12-19(33)10-11-22(17)42-24/h6-16H,4-5H2,1-3H3/t16-/m0/s1. The van der Waals surface area contributed by atoms with E-state index in [9.17, 15) is 9.59 Å². The van der Waals surface area contributed by atoms with Crippen LogP contribution in [-0.4, -0.2) is 41.2 Å². The zero-order chi connectivity index (χ0) is 30.0. The summed E-state index contributed by atoms with van der Waals surface area (Å²) in [6.07, 6.45) is 0.618. The molecule has 0 amide bonds. The normalized spacial score (nSPS) is 12.2. The third kappa shape index (κ3) is 5.95. The molecule has 0 spiro atoms. The van der Waals surface area contributed by atoms with Crippen LogP contribution in [0.25, 0.3) is 33.5 Å². The quantitative estimate of drug-likeness (QED) is 0.114. The number of halogens is 3. The van der Waals surface area contributed by atoms with Crippen molar-refractivity contribution >= 4 is 77.5 Å². The minimum Gasteiger partial charge on any atom is -0.490 e. The van der Waals surface area contributed by atoms with Crippen LogP contribution in [0.5, 0.6) is 11.5 Å². The summed E-state index contributed by atoms with van der Waals surface area (Å²) in [5, 5.41) is 6.26. The number of furan rings is 1. The second-order valence-corrected chi connectivity index (χ2v) is 11.0. The highest BCUT2D eigenvalue weighted by molar-refractivity contribution is 9.13. The number of ether oxygens (including phenoxy) is 3. The molecule has 0 saturated carbocycles. The number of aromatic nitrogens is 2. The Labute approximate surface area is 262 Å². The fourth-order valence-corrected chi connectivity index (χ4v) is 5.29. The molecule has 2 aromatic heterocycles. The largest absolute Gasteiger partial charge is 0.490 e. The van der Waals surface area contributed by atoms with Crippen molar-refractivity contribution in [3.05, 3.63) is 84.5 Å². The maximum absolute atomic E-state index is 13.7. The Morgan fingerprint density at radius 2 is 1.90 bits per heavy atom. The van der Waals surface area contributed by atoms with E-state index in [1.54, 1.807) is 68.4 Å². The fourth-order valence-electron chi connectivity index (χ4n) is 4.19. The Balaban J connectivity index is 1.63. The summed E-state index contributed by atoms with van der Waals surface area (Å²) in [5.41, 5.74) is 1.27. The van der Waals surface area contributed by atoms with Crippen LogP contribution < -0.4 is 15.0 Å². The molecule has 42 heavy (non-hydrogen) atoms. The van der Waals surface area contributed by atoms with Crippen LogP contribution in [0, 0.1) is 0 Å². The van der Waals surface area contributed by atoms with Gasteiger partial charge in [-0.05, 0) is 95.1 Å². The number of hydrogen-bond donors (Lipinski definition) is 0. The first-order valence-corrected chi connectivity index (χ1v) is 14.9. The Morgan fingerprint density at radius 1 is 1.12 bits per heavy atom. The SMILES string of the molecule is CCOC(=O)[C@H](C)Oc1c(OCC)cc(C=Nn2c(-c3cc4cc(Cl)ccc4o3)nc3ccccc3c2=O)c(Br)c1Br. The summed E-state index contributed by atoms with van der Waals surface area (Å²) < 4.78 is 25.1. The van der Waals surface area contributed by atoms with Crippen LogP contribution in [-0.2, 0) is 9.53 Å². The van der Waals surface area contributed by atoms with Crippen molar-refractivity contribution in [3.63, 3.8) is 0 Å². The molecule has 0 aliphatic rings. The third-order valence-corrected chi connectivity index (χ3v) is 8.51. The Hall–Kier alpha value is -3.67. The van der Waals surface area contributed by atoms with Gasteiger partial charge in [0.1, 0.15) is 5.58 Å². The van der Waals surface area contributed by atoms with Crippen LogP contribution >= 0.6 is 43.5 Å². The summed E-state index contributed by atoms with van der Waals surface area (Å²) in [6, 6.07) is 15.7. The minimum atomic E-state index is -0.879. The molecule has 0 saturated heterocycles. The van der Waals surface area contributed by atoms with Gasteiger partial charge in [-0.3, -0.25) is 4.79 Å². The highest BCUT2D eigenvalue weighted by atomic mass is 79.9. The van der Waals surface area contributed by atoms with Crippen molar-refractivity contribution < 1.29 is 23.4 Å². The molecule has 0 fully saturated rings. The van der Waals surface area contributed by atoms with E-state index in [0.29, 0.717) is 59.9 Å². The Bertz CT molecular complexity index is 1900. The molecule has 0 aliphatic carbocycles. The number of nitrogens with zero attached hydrogens (tertiary/aromatic N) is 3. The molecule has 5 aromatic rings. The van der Waals surface area contributed by atoms with Crippen LogP contribution in [0.4, 0.5) is 0 Å². The lowest BCUT2D eigenvalue weighted by Crippen LogP contribution is -2.26. The van der Waals surface area contributed by atoms with E-state index in [2.05, 4.69) is 37.0 Å². The van der Waals surface area contributed by atoms with Crippen molar-refractivity contribution in [2.75, 3.05) is 13.2 Å². The van der Waals surface area contributed by atoms with Gasteiger partial charge in [-0.1, -0.05) is 23.7 Å². The van der Waals surface area contributed by atoms with Crippen molar-refractivity contribution in [1.29, 1.82) is 0 Å². The summed E-state index contributed by atoms with van der Waals surface area (Å²) in [6.45, 7) is 5.72. The predicted molar refractivity (Wildman–Crippen MR) is 169 cm³/mol. The van der Waals surface area contributed by atoms with Gasteiger partial charge in [0.25, 0.3) is 5.56 Å².